The van der Waals surface area contributed by atoms with E-state index in [1.807, 2.05) is 61.7 Å². The van der Waals surface area contributed by atoms with Crippen LogP contribution in [0.5, 0.6) is 0 Å². The predicted octanol–water partition coefficient (Wildman–Crippen LogP) is 6.25. The maximum Gasteiger partial charge on any atom is 0.228 e. The van der Waals surface area contributed by atoms with Crippen molar-refractivity contribution in [3.63, 3.8) is 0 Å². The van der Waals surface area contributed by atoms with Gasteiger partial charge in [-0.1, -0.05) is 29.8 Å². The van der Waals surface area contributed by atoms with E-state index in [4.69, 9.17) is 21.6 Å². The lowest BCUT2D eigenvalue weighted by Gasteiger charge is -2.19. The van der Waals surface area contributed by atoms with Crippen LogP contribution in [0, 0.1) is 20.8 Å². The van der Waals surface area contributed by atoms with Gasteiger partial charge in [0, 0.05) is 57.6 Å². The number of benzene rings is 2. The first-order valence-electron chi connectivity index (χ1n) is 16.0. The van der Waals surface area contributed by atoms with Gasteiger partial charge in [-0.3, -0.25) is 19.1 Å². The Hall–Kier alpha value is -4.52. The Labute approximate surface area is 300 Å². The molecule has 1 unspecified atom stereocenters. The fraction of sp³-hybridized carbons (Fsp3) is 0.278. The van der Waals surface area contributed by atoms with Gasteiger partial charge in [-0.05, 0) is 80.3 Å². The van der Waals surface area contributed by atoms with Crippen molar-refractivity contribution in [2.24, 2.45) is 4.99 Å². The largest absolute Gasteiger partial charge is 0.354 e. The molecule has 13 heteroatoms. The minimum absolute atomic E-state index is 0. The maximum absolute atomic E-state index is 13.6. The second-order valence-corrected chi connectivity index (χ2v) is 14.2. The van der Waals surface area contributed by atoms with Gasteiger partial charge in [-0.25, -0.2) is 4.98 Å². The van der Waals surface area contributed by atoms with Gasteiger partial charge < -0.3 is 15.5 Å². The highest BCUT2D eigenvalue weighted by atomic mass is 35.5. The highest BCUT2D eigenvalue weighted by Gasteiger charge is 2.33. The highest BCUT2D eigenvalue weighted by Crippen LogP contribution is 2.40. The summed E-state index contributed by atoms with van der Waals surface area (Å²) in [6.45, 7) is 7.63. The number of halogens is 1. The molecule has 6 heterocycles. The summed E-state index contributed by atoms with van der Waals surface area (Å²) in [6.07, 6.45) is 3.24. The average molecular weight is 711 g/mol. The molecule has 1 fully saturated rings. The Balaban J connectivity index is 0.00000378. The Bertz CT molecular complexity index is 2120. The molecule has 2 aromatic carbocycles. The number of aliphatic imine (C=N–C) groups is 1. The highest BCUT2D eigenvalue weighted by molar-refractivity contribution is 7.59. The smallest absolute Gasteiger partial charge is 0.228 e. The van der Waals surface area contributed by atoms with Crippen LogP contribution in [0.1, 0.15) is 57.7 Å². The second-order valence-electron chi connectivity index (χ2n) is 12.6. The van der Waals surface area contributed by atoms with Gasteiger partial charge >= 0.3 is 0 Å². The monoisotopic (exact) mass is 710 g/mol. The van der Waals surface area contributed by atoms with Crippen LogP contribution in [-0.2, 0) is 16.0 Å². The zero-order valence-electron chi connectivity index (χ0n) is 27.2. The van der Waals surface area contributed by atoms with Gasteiger partial charge in [0.15, 0.2) is 5.82 Å². The van der Waals surface area contributed by atoms with Crippen LogP contribution in [0.3, 0.4) is 0 Å². The minimum atomic E-state index is -0.518. The summed E-state index contributed by atoms with van der Waals surface area (Å²) >= 11 is 7.94. The molecule has 0 saturated carbocycles. The van der Waals surface area contributed by atoms with Gasteiger partial charge in [0.2, 0.25) is 11.8 Å². The summed E-state index contributed by atoms with van der Waals surface area (Å²) in [5.41, 5.74) is 7.88. The van der Waals surface area contributed by atoms with E-state index in [-0.39, 0.29) is 37.8 Å². The normalized spacial score (nSPS) is 17.8. The van der Waals surface area contributed by atoms with Crippen LogP contribution in [0.25, 0.3) is 16.1 Å². The van der Waals surface area contributed by atoms with Gasteiger partial charge in [0.05, 0.1) is 18.6 Å². The van der Waals surface area contributed by atoms with E-state index in [1.165, 1.54) is 4.88 Å². The molecular weight excluding hydrogens is 676 g/mol. The SMILES string of the molecule is Cc1sc2c(c1C)C(c1ccc(Cl)cc1)=N[C@@H](CC(=O)NC1CCN(c3ccc(-c4ccc5c(c4)CC(=O)N5)cn3)C1)c1nnc(C)n1-2.S. The Kier molecular flexibility index (Phi) is 8.80. The summed E-state index contributed by atoms with van der Waals surface area (Å²) in [5, 5.41) is 16.8. The molecule has 5 aromatic rings. The van der Waals surface area contributed by atoms with Gasteiger partial charge in [-0.2, -0.15) is 13.5 Å². The van der Waals surface area contributed by atoms with Crippen LogP contribution in [0.4, 0.5) is 11.5 Å². The molecule has 2 amide bonds. The number of aryl methyl sites for hydroxylation is 2. The molecule has 2 N–H and O–H groups in total. The first-order valence-corrected chi connectivity index (χ1v) is 17.2. The lowest BCUT2D eigenvalue weighted by Crippen LogP contribution is -2.37. The summed E-state index contributed by atoms with van der Waals surface area (Å²) < 4.78 is 2.07. The number of pyridine rings is 1. The molecule has 250 valence electrons. The zero-order chi connectivity index (χ0) is 33.1. The van der Waals surface area contributed by atoms with E-state index < -0.39 is 6.04 Å². The molecular formula is C36H35ClN8O2S2. The lowest BCUT2D eigenvalue weighted by molar-refractivity contribution is -0.122. The van der Waals surface area contributed by atoms with E-state index in [1.54, 1.807) is 11.3 Å². The van der Waals surface area contributed by atoms with Crippen molar-refractivity contribution in [1.29, 1.82) is 0 Å². The molecule has 2 atom stereocenters. The zero-order valence-corrected chi connectivity index (χ0v) is 29.8. The Morgan fingerprint density at radius 3 is 2.59 bits per heavy atom. The number of fused-ring (bicyclic) bond motifs is 4. The van der Waals surface area contributed by atoms with E-state index in [0.717, 1.165) is 74.4 Å². The van der Waals surface area contributed by atoms with Crippen LogP contribution in [0.15, 0.2) is 65.8 Å². The van der Waals surface area contributed by atoms with Crippen LogP contribution >= 0.6 is 36.4 Å². The molecule has 0 radical (unpaired) electrons. The minimum Gasteiger partial charge on any atom is -0.354 e. The lowest BCUT2D eigenvalue weighted by atomic mass is 9.99. The average Bonchev–Trinajstić information content (AvgIpc) is 3.84. The van der Waals surface area contributed by atoms with Crippen molar-refractivity contribution in [2.75, 3.05) is 23.3 Å². The van der Waals surface area contributed by atoms with Crippen molar-refractivity contribution < 1.29 is 9.59 Å². The third-order valence-corrected chi connectivity index (χ3v) is 10.9. The van der Waals surface area contributed by atoms with Crippen molar-refractivity contribution in [2.45, 2.75) is 52.1 Å². The number of thiophene rings is 1. The fourth-order valence-corrected chi connectivity index (χ4v) is 8.17. The van der Waals surface area contributed by atoms with Crippen molar-refractivity contribution in [3.8, 4) is 16.1 Å². The number of hydrogen-bond acceptors (Lipinski definition) is 8. The molecule has 8 rings (SSSR count). The summed E-state index contributed by atoms with van der Waals surface area (Å²) in [7, 11) is 0. The third-order valence-electron chi connectivity index (χ3n) is 9.42. The van der Waals surface area contributed by atoms with E-state index in [2.05, 4.69) is 50.2 Å². The topological polar surface area (TPSA) is 117 Å². The molecule has 3 aliphatic rings. The molecule has 0 aliphatic carbocycles. The number of nitrogens with one attached hydrogen (secondary N) is 2. The van der Waals surface area contributed by atoms with Crippen LogP contribution in [-0.4, -0.2) is 56.4 Å². The molecule has 3 aliphatic heterocycles. The standard InChI is InChI=1S/C36H33ClN8O2S.H2S/c1-19-20(2)48-36-33(19)34(22-4-8-26(37)9-5-22)41-29(35-43-42-21(3)45(35)36)16-32(47)39-27-12-13-44(18-27)30-11-7-24(17-38-30)23-6-10-28-25(14-23)15-31(46)40-28;/h4-11,14,17,27,29H,12-13,15-16,18H2,1-3H3,(H,39,47)(H,40,46);1H2/t27?,29-;/m0./s1. The fourth-order valence-electron chi connectivity index (χ4n) is 6.83. The Morgan fingerprint density at radius 2 is 1.82 bits per heavy atom. The maximum atomic E-state index is 13.6. The third kappa shape index (κ3) is 6.13. The van der Waals surface area contributed by atoms with E-state index in [0.29, 0.717) is 23.8 Å². The molecule has 0 spiro atoms. The van der Waals surface area contributed by atoms with Crippen molar-refractivity contribution >= 4 is 65.5 Å². The Morgan fingerprint density at radius 1 is 1.04 bits per heavy atom. The number of rotatable bonds is 6. The summed E-state index contributed by atoms with van der Waals surface area (Å²) in [5.74, 6) is 2.24. The summed E-state index contributed by atoms with van der Waals surface area (Å²) in [6, 6.07) is 17.2. The van der Waals surface area contributed by atoms with Gasteiger partial charge in [-0.15, -0.1) is 21.5 Å². The van der Waals surface area contributed by atoms with Crippen molar-refractivity contribution in [1.82, 2.24) is 25.1 Å². The number of amides is 2. The number of hydrogen-bond donors (Lipinski definition) is 2. The molecule has 1 saturated heterocycles. The molecule has 10 nitrogen and oxygen atoms in total. The van der Waals surface area contributed by atoms with E-state index >= 15 is 0 Å². The molecule has 0 bridgehead atoms. The quantitative estimate of drug-likeness (QED) is 0.215. The molecule has 3 aromatic heterocycles. The number of carbonyl (C=O) groups is 2. The van der Waals surface area contributed by atoms with Crippen molar-refractivity contribution in [3.05, 3.63) is 105 Å². The molecule has 49 heavy (non-hydrogen) atoms. The number of aromatic nitrogens is 4. The van der Waals surface area contributed by atoms with Crippen LogP contribution in [0.2, 0.25) is 5.02 Å². The number of carbonyl (C=O) groups excluding carboxylic acids is 2. The second kappa shape index (κ2) is 13.1. The number of anilines is 2. The number of nitrogens with zero attached hydrogens (tertiary/aromatic N) is 6. The van der Waals surface area contributed by atoms with Gasteiger partial charge in [0.1, 0.15) is 22.7 Å². The first kappa shape index (κ1) is 33.0. The van der Waals surface area contributed by atoms with E-state index in [9.17, 15) is 9.59 Å². The van der Waals surface area contributed by atoms with Gasteiger partial charge in [0.25, 0.3) is 0 Å². The van der Waals surface area contributed by atoms with Crippen LogP contribution < -0.4 is 15.5 Å². The predicted molar refractivity (Wildman–Crippen MR) is 199 cm³/mol. The summed E-state index contributed by atoms with van der Waals surface area (Å²) in [4.78, 5) is 38.8. The first-order chi connectivity index (χ1) is 23.2.